The first-order chi connectivity index (χ1) is 6.39. The van der Waals surface area contributed by atoms with Gasteiger partial charge in [-0.3, -0.25) is 0 Å². The number of hydrogen-bond acceptors (Lipinski definition) is 0. The van der Waals surface area contributed by atoms with Gasteiger partial charge in [0.2, 0.25) is 0 Å². The lowest BCUT2D eigenvalue weighted by molar-refractivity contribution is 0.635. The number of hydrogen-bond donors (Lipinski definition) is 0. The first-order valence-electron chi connectivity index (χ1n) is 4.83. The second kappa shape index (κ2) is 2.35. The van der Waals surface area contributed by atoms with Gasteiger partial charge in [0.1, 0.15) is 0 Å². The van der Waals surface area contributed by atoms with Crippen molar-refractivity contribution in [1.82, 2.24) is 0 Å². The topological polar surface area (TPSA) is 0 Å². The van der Waals surface area contributed by atoms with Crippen LogP contribution in [0.15, 0.2) is 54.6 Å². The Morgan fingerprint density at radius 1 is 1.00 bits per heavy atom. The minimum absolute atomic E-state index is 0.242. The first-order valence-corrected chi connectivity index (χ1v) is 4.83. The molecule has 0 saturated carbocycles. The summed E-state index contributed by atoms with van der Waals surface area (Å²) in [6, 6.07) is 10.8. The van der Waals surface area contributed by atoms with Gasteiger partial charge < -0.3 is 0 Å². The smallest absolute Gasteiger partial charge is 0.0321 e. The van der Waals surface area contributed by atoms with Gasteiger partial charge in [0.25, 0.3) is 0 Å². The molecule has 0 aliphatic heterocycles. The zero-order chi connectivity index (χ0) is 8.73. The molecule has 2 aliphatic carbocycles. The standard InChI is InChI=1S/C13H12/c1-2-4-12(5-3-1)13-8-6-11(10-13)7-9-13/h1-9,11H,10H2. The van der Waals surface area contributed by atoms with Gasteiger partial charge in [-0.15, -0.1) is 0 Å². The first kappa shape index (κ1) is 7.14. The Morgan fingerprint density at radius 2 is 1.69 bits per heavy atom. The largest absolute Gasteiger partial charge is 0.0804 e. The molecule has 0 N–H and O–H groups in total. The number of fused-ring (bicyclic) bond motifs is 2. The van der Waals surface area contributed by atoms with E-state index in [-0.39, 0.29) is 5.41 Å². The third-order valence-electron chi connectivity index (χ3n) is 3.17. The molecular weight excluding hydrogens is 156 g/mol. The van der Waals surface area contributed by atoms with Crippen molar-refractivity contribution in [1.29, 1.82) is 0 Å². The third kappa shape index (κ3) is 0.918. The Kier molecular flexibility index (Phi) is 1.29. The highest BCUT2D eigenvalue weighted by Crippen LogP contribution is 2.45. The summed E-state index contributed by atoms with van der Waals surface area (Å²) >= 11 is 0. The van der Waals surface area contributed by atoms with Gasteiger partial charge in [0.15, 0.2) is 0 Å². The quantitative estimate of drug-likeness (QED) is 0.565. The summed E-state index contributed by atoms with van der Waals surface area (Å²) in [7, 11) is 0. The van der Waals surface area contributed by atoms with Crippen LogP contribution in [0.25, 0.3) is 0 Å². The predicted octanol–water partition coefficient (Wildman–Crippen LogP) is 3.07. The van der Waals surface area contributed by atoms with Crippen LogP contribution in [0.5, 0.6) is 0 Å². The summed E-state index contributed by atoms with van der Waals surface area (Å²) in [4.78, 5) is 0. The molecule has 0 heteroatoms. The van der Waals surface area contributed by atoms with E-state index in [1.165, 1.54) is 12.0 Å². The molecule has 0 amide bonds. The maximum atomic E-state index is 2.35. The van der Waals surface area contributed by atoms with Crippen molar-refractivity contribution < 1.29 is 0 Å². The van der Waals surface area contributed by atoms with Crippen molar-refractivity contribution in [3.8, 4) is 0 Å². The van der Waals surface area contributed by atoms with E-state index < -0.39 is 0 Å². The number of rotatable bonds is 1. The average molecular weight is 168 g/mol. The molecular formula is C13H12. The fraction of sp³-hybridized carbons (Fsp3) is 0.231. The molecule has 0 fully saturated rings. The van der Waals surface area contributed by atoms with E-state index in [4.69, 9.17) is 0 Å². The highest BCUT2D eigenvalue weighted by atomic mass is 14.4. The molecule has 13 heavy (non-hydrogen) atoms. The van der Waals surface area contributed by atoms with Crippen LogP contribution in [0.1, 0.15) is 12.0 Å². The molecule has 1 aromatic carbocycles. The van der Waals surface area contributed by atoms with Crippen LogP contribution in [-0.2, 0) is 5.41 Å². The molecule has 0 unspecified atom stereocenters. The third-order valence-corrected chi connectivity index (χ3v) is 3.17. The van der Waals surface area contributed by atoms with Crippen molar-refractivity contribution in [2.75, 3.05) is 0 Å². The van der Waals surface area contributed by atoms with Gasteiger partial charge in [-0.05, 0) is 17.9 Å². The lowest BCUT2D eigenvalue weighted by Crippen LogP contribution is -2.15. The second-order valence-corrected chi connectivity index (χ2v) is 3.99. The molecule has 0 radical (unpaired) electrons. The van der Waals surface area contributed by atoms with Gasteiger partial charge in [-0.25, -0.2) is 0 Å². The normalized spacial score (nSPS) is 34.3. The number of allylic oxidation sites excluding steroid dienone is 4. The summed E-state index contributed by atoms with van der Waals surface area (Å²) in [5, 5.41) is 0. The van der Waals surface area contributed by atoms with E-state index in [0.717, 1.165) is 0 Å². The molecule has 0 spiro atoms. The Labute approximate surface area is 78.6 Å². The van der Waals surface area contributed by atoms with Gasteiger partial charge in [0, 0.05) is 5.41 Å². The van der Waals surface area contributed by atoms with E-state index in [0.29, 0.717) is 5.92 Å². The second-order valence-electron chi connectivity index (χ2n) is 3.99. The van der Waals surface area contributed by atoms with Crippen LogP contribution in [-0.4, -0.2) is 0 Å². The van der Waals surface area contributed by atoms with E-state index in [1.54, 1.807) is 0 Å². The zero-order valence-corrected chi connectivity index (χ0v) is 7.48. The molecule has 0 atom stereocenters. The van der Waals surface area contributed by atoms with Crippen LogP contribution < -0.4 is 0 Å². The molecule has 0 heterocycles. The molecule has 2 aliphatic rings. The van der Waals surface area contributed by atoms with E-state index in [1.807, 2.05) is 0 Å². The minimum atomic E-state index is 0.242. The SMILES string of the molecule is C1=CC2(c3ccccc3)C=CC1C2. The molecule has 64 valence electrons. The van der Waals surface area contributed by atoms with Gasteiger partial charge in [-0.2, -0.15) is 0 Å². The van der Waals surface area contributed by atoms with Crippen LogP contribution >= 0.6 is 0 Å². The van der Waals surface area contributed by atoms with E-state index in [9.17, 15) is 0 Å². The van der Waals surface area contributed by atoms with Crippen LogP contribution in [0.2, 0.25) is 0 Å². The highest BCUT2D eigenvalue weighted by Gasteiger charge is 2.37. The van der Waals surface area contributed by atoms with Crippen molar-refractivity contribution in [3.63, 3.8) is 0 Å². The van der Waals surface area contributed by atoms with E-state index >= 15 is 0 Å². The fourth-order valence-electron chi connectivity index (χ4n) is 2.43. The van der Waals surface area contributed by atoms with Crippen LogP contribution in [0.3, 0.4) is 0 Å². The van der Waals surface area contributed by atoms with Crippen molar-refractivity contribution in [2.45, 2.75) is 11.8 Å². The maximum absolute atomic E-state index is 2.35. The van der Waals surface area contributed by atoms with Gasteiger partial charge in [0.05, 0.1) is 0 Å². The molecule has 2 bridgehead atoms. The highest BCUT2D eigenvalue weighted by molar-refractivity contribution is 5.45. The number of benzene rings is 1. The lowest BCUT2D eigenvalue weighted by atomic mass is 9.82. The van der Waals surface area contributed by atoms with Crippen LogP contribution in [0, 0.1) is 5.92 Å². The monoisotopic (exact) mass is 168 g/mol. The maximum Gasteiger partial charge on any atom is 0.0321 e. The summed E-state index contributed by atoms with van der Waals surface area (Å²) in [6.45, 7) is 0. The lowest BCUT2D eigenvalue weighted by Gasteiger charge is -2.21. The summed E-state index contributed by atoms with van der Waals surface area (Å²) < 4.78 is 0. The summed E-state index contributed by atoms with van der Waals surface area (Å²) in [6.07, 6.45) is 10.6. The average Bonchev–Trinajstić information content (AvgIpc) is 2.80. The molecule has 0 nitrogen and oxygen atoms in total. The molecule has 0 saturated heterocycles. The molecule has 0 aromatic heterocycles. The molecule has 3 rings (SSSR count). The van der Waals surface area contributed by atoms with Gasteiger partial charge >= 0.3 is 0 Å². The summed E-state index contributed by atoms with van der Waals surface area (Å²) in [5.74, 6) is 0.695. The Balaban J connectivity index is 2.11. The fourth-order valence-corrected chi connectivity index (χ4v) is 2.43. The Bertz CT molecular complexity index is 356. The van der Waals surface area contributed by atoms with Crippen molar-refractivity contribution in [3.05, 3.63) is 60.2 Å². The predicted molar refractivity (Wildman–Crippen MR) is 54.5 cm³/mol. The Hall–Kier alpha value is -1.30. The zero-order valence-electron chi connectivity index (χ0n) is 7.48. The van der Waals surface area contributed by atoms with E-state index in [2.05, 4.69) is 54.6 Å². The Morgan fingerprint density at radius 3 is 2.23 bits per heavy atom. The summed E-state index contributed by atoms with van der Waals surface area (Å²) in [5.41, 5.74) is 1.67. The minimum Gasteiger partial charge on any atom is -0.0804 e. The van der Waals surface area contributed by atoms with Crippen LogP contribution in [0.4, 0.5) is 0 Å². The van der Waals surface area contributed by atoms with Crippen molar-refractivity contribution in [2.24, 2.45) is 5.92 Å². The van der Waals surface area contributed by atoms with Crippen molar-refractivity contribution >= 4 is 0 Å². The molecule has 1 aromatic rings. The van der Waals surface area contributed by atoms with Gasteiger partial charge in [-0.1, -0.05) is 54.6 Å².